The lowest BCUT2D eigenvalue weighted by atomic mass is 9.78. The van der Waals surface area contributed by atoms with Gasteiger partial charge in [-0.2, -0.15) is 31.4 Å². The summed E-state index contributed by atoms with van der Waals surface area (Å²) in [6, 6.07) is 3.19. The summed E-state index contributed by atoms with van der Waals surface area (Å²) in [6.45, 7) is 2.38. The molecule has 18 heteroatoms. The van der Waals surface area contributed by atoms with Gasteiger partial charge in [0.15, 0.2) is 0 Å². The molecular formula is C30H35F6N7O5. The monoisotopic (exact) mass is 687 g/mol. The highest BCUT2D eigenvalue weighted by Crippen LogP contribution is 2.36. The molecular weight excluding hydrogens is 652 g/mol. The first-order valence-electron chi connectivity index (χ1n) is 15.7. The second-order valence-corrected chi connectivity index (χ2v) is 12.3. The summed E-state index contributed by atoms with van der Waals surface area (Å²) in [7, 11) is 0. The number of hydrogen-bond donors (Lipinski definition) is 2. The first-order valence-corrected chi connectivity index (χ1v) is 15.7. The van der Waals surface area contributed by atoms with Crippen LogP contribution in [-0.4, -0.2) is 80.8 Å². The van der Waals surface area contributed by atoms with Gasteiger partial charge in [0.1, 0.15) is 5.82 Å². The Morgan fingerprint density at radius 2 is 1.60 bits per heavy atom. The van der Waals surface area contributed by atoms with Crippen molar-refractivity contribution in [2.75, 3.05) is 11.9 Å². The minimum absolute atomic E-state index is 0.0247. The van der Waals surface area contributed by atoms with Crippen LogP contribution in [0.1, 0.15) is 80.4 Å². The summed E-state index contributed by atoms with van der Waals surface area (Å²) in [5.41, 5.74) is 6.92. The molecule has 1 aromatic carbocycles. The van der Waals surface area contributed by atoms with E-state index < -0.39 is 42.3 Å². The number of rotatable bonds is 5. The molecule has 1 aromatic heterocycles. The molecule has 3 N–H and O–H groups in total. The fourth-order valence-electron chi connectivity index (χ4n) is 6.79. The lowest BCUT2D eigenvalue weighted by Crippen LogP contribution is -2.55. The Bertz CT molecular complexity index is 1570. The number of halogens is 6. The number of guanidine groups is 1. The van der Waals surface area contributed by atoms with E-state index in [0.29, 0.717) is 36.2 Å². The van der Waals surface area contributed by atoms with Crippen LogP contribution in [0, 0.1) is 12.8 Å². The summed E-state index contributed by atoms with van der Waals surface area (Å²) in [5.74, 6) is -6.62. The van der Waals surface area contributed by atoms with Gasteiger partial charge in [-0.05, 0) is 68.7 Å². The predicted molar refractivity (Wildman–Crippen MR) is 158 cm³/mol. The van der Waals surface area contributed by atoms with E-state index in [2.05, 4.69) is 30.1 Å². The third kappa shape index (κ3) is 7.84. The number of alkyl halides is 6. The minimum Gasteiger partial charge on any atom is -0.365 e. The molecule has 2 saturated carbocycles. The Labute approximate surface area is 270 Å². The molecule has 2 heterocycles. The maximum Gasteiger partial charge on any atom is 0.493 e. The second-order valence-electron chi connectivity index (χ2n) is 12.3. The molecule has 12 nitrogen and oxygen atoms in total. The van der Waals surface area contributed by atoms with Gasteiger partial charge in [0.05, 0.1) is 17.6 Å². The zero-order chi connectivity index (χ0) is 34.8. The lowest BCUT2D eigenvalue weighted by Gasteiger charge is -2.43. The highest BCUT2D eigenvalue weighted by atomic mass is 19.4. The number of hydrogen-bond acceptors (Lipinski definition) is 9. The minimum atomic E-state index is -5.51. The Hall–Kier alpha value is -4.38. The van der Waals surface area contributed by atoms with Crippen molar-refractivity contribution in [1.82, 2.24) is 19.9 Å². The number of benzene rings is 1. The zero-order valence-electron chi connectivity index (χ0n) is 25.9. The van der Waals surface area contributed by atoms with E-state index in [0.717, 1.165) is 44.1 Å². The van der Waals surface area contributed by atoms with E-state index in [-0.39, 0.29) is 41.5 Å². The van der Waals surface area contributed by atoms with Gasteiger partial charge in [-0.1, -0.05) is 37.3 Å². The lowest BCUT2D eigenvalue weighted by molar-refractivity contribution is -0.232. The molecule has 3 aliphatic rings. The number of carbonyl (C=O) groups is 3. The number of fused-ring (bicyclic) bond motifs is 2. The van der Waals surface area contributed by atoms with Crippen molar-refractivity contribution in [2.45, 2.75) is 102 Å². The second kappa shape index (κ2) is 14.0. The van der Waals surface area contributed by atoms with Gasteiger partial charge in [-0.3, -0.25) is 4.79 Å². The van der Waals surface area contributed by atoms with Crippen molar-refractivity contribution in [3.8, 4) is 0 Å². The van der Waals surface area contributed by atoms with Gasteiger partial charge < -0.3 is 25.6 Å². The smallest absolute Gasteiger partial charge is 0.365 e. The number of likely N-dealkylation sites (tertiary alicyclic amines) is 1. The fraction of sp³-hybridized carbons (Fsp3) is 0.600. The van der Waals surface area contributed by atoms with E-state index in [1.165, 1.54) is 0 Å². The quantitative estimate of drug-likeness (QED) is 0.143. The number of nitrogens with zero attached hydrogens (tertiary/aromatic N) is 5. The van der Waals surface area contributed by atoms with Gasteiger partial charge in [0, 0.05) is 18.0 Å². The summed E-state index contributed by atoms with van der Waals surface area (Å²) in [6.07, 6.45) is -3.86. The third-order valence-electron chi connectivity index (χ3n) is 8.99. The molecule has 1 aliphatic heterocycles. The van der Waals surface area contributed by atoms with Gasteiger partial charge in [-0.15, -0.1) is 0 Å². The maximum atomic E-state index is 13.9. The van der Waals surface area contributed by atoms with Crippen molar-refractivity contribution in [1.29, 1.82) is 0 Å². The molecule has 5 rings (SSSR count). The molecule has 3 fully saturated rings. The van der Waals surface area contributed by atoms with E-state index in [1.54, 1.807) is 18.2 Å². The van der Waals surface area contributed by atoms with Gasteiger partial charge in [0.2, 0.25) is 5.82 Å². The molecule has 1 saturated heterocycles. The fourth-order valence-corrected chi connectivity index (χ4v) is 6.79. The molecule has 262 valence electrons. The van der Waals surface area contributed by atoms with E-state index in [4.69, 9.17) is 5.73 Å². The molecule has 0 spiro atoms. The number of anilines is 1. The molecule has 4 unspecified atom stereocenters. The van der Waals surface area contributed by atoms with Crippen LogP contribution < -0.4 is 11.1 Å². The Morgan fingerprint density at radius 3 is 2.33 bits per heavy atom. The van der Waals surface area contributed by atoms with Crippen molar-refractivity contribution >= 4 is 40.5 Å². The Morgan fingerprint density at radius 1 is 0.938 bits per heavy atom. The maximum absolute atomic E-state index is 13.9. The van der Waals surface area contributed by atoms with Crippen LogP contribution >= 0.6 is 0 Å². The average molecular weight is 688 g/mol. The number of oxime groups is 1. The molecule has 2 aliphatic carbocycles. The van der Waals surface area contributed by atoms with Crippen LogP contribution in [0.15, 0.2) is 23.4 Å². The number of amides is 1. The van der Waals surface area contributed by atoms with E-state index in [9.17, 15) is 40.7 Å². The molecule has 0 bridgehead atoms. The largest absolute Gasteiger partial charge is 0.493 e. The highest BCUT2D eigenvalue weighted by Gasteiger charge is 2.46. The number of piperidine rings is 1. The van der Waals surface area contributed by atoms with Crippen molar-refractivity contribution in [2.24, 2.45) is 16.8 Å². The van der Waals surface area contributed by atoms with Crippen molar-refractivity contribution < 1.29 is 50.4 Å². The summed E-state index contributed by atoms with van der Waals surface area (Å²) < 4.78 is 77.9. The van der Waals surface area contributed by atoms with Crippen LogP contribution in [0.3, 0.4) is 0 Å². The number of nitrogens with one attached hydrogen (secondary N) is 1. The number of aryl methyl sites for hydroxylation is 1. The van der Waals surface area contributed by atoms with Gasteiger partial charge >= 0.3 is 24.3 Å². The van der Waals surface area contributed by atoms with Crippen LogP contribution in [0.4, 0.5) is 32.2 Å². The number of aromatic nitrogens is 2. The van der Waals surface area contributed by atoms with Crippen LogP contribution in [0.2, 0.25) is 0 Å². The number of nitrogens with two attached hydrogens (primary N) is 1. The first kappa shape index (κ1) is 34.9. The number of carbonyl (C=O) groups excluding carboxylic acids is 3. The van der Waals surface area contributed by atoms with Crippen LogP contribution in [0.5, 0.6) is 0 Å². The zero-order valence-corrected chi connectivity index (χ0v) is 25.9. The predicted octanol–water partition coefficient (Wildman–Crippen LogP) is 5.11. The van der Waals surface area contributed by atoms with Crippen LogP contribution in [-0.2, 0) is 19.3 Å². The van der Waals surface area contributed by atoms with Crippen molar-refractivity contribution in [3.05, 3.63) is 29.6 Å². The molecule has 4 atom stereocenters. The molecule has 0 radical (unpaired) electrons. The molecule has 2 aromatic rings. The summed E-state index contributed by atoms with van der Waals surface area (Å²) >= 11 is 0. The summed E-state index contributed by atoms with van der Waals surface area (Å²) in [5, 5.41) is 6.67. The SMILES string of the molecule is Cc1ccc2nc(C(=O)N3CCCC4CCCCC43)nc(NC3CCCCC3N(OC(=O)C(F)(F)F)/C(N)=N/OC(=O)C(F)(F)F)c2c1. The Balaban J connectivity index is 1.49. The van der Waals surface area contributed by atoms with E-state index in [1.807, 2.05) is 11.8 Å². The standard InChI is InChI=1S/C30H35F6N7O5/c1-16-12-13-19-18(15-16)23(40-24(38-19)25(44)42-14-6-8-17-7-2-4-10-21(17)42)39-20-9-3-5-11-22(20)43(48-27(46)30(34,35)36)28(37)41-47-26(45)29(31,32)33/h12-13,15,17,20-22H,2-11,14H2,1H3,(H2,37,41)(H,38,39,40). The summed E-state index contributed by atoms with van der Waals surface area (Å²) in [4.78, 5) is 56.3. The molecule has 48 heavy (non-hydrogen) atoms. The third-order valence-corrected chi connectivity index (χ3v) is 8.99. The topological polar surface area (TPSA) is 152 Å². The van der Waals surface area contributed by atoms with Gasteiger partial charge in [-0.25, -0.2) is 19.6 Å². The number of hydroxylamine groups is 2. The first-order chi connectivity index (χ1) is 22.6. The average Bonchev–Trinajstić information content (AvgIpc) is 3.04. The van der Waals surface area contributed by atoms with Gasteiger partial charge in [0.25, 0.3) is 11.9 Å². The van der Waals surface area contributed by atoms with Crippen molar-refractivity contribution in [3.63, 3.8) is 0 Å². The van der Waals surface area contributed by atoms with Crippen LogP contribution in [0.25, 0.3) is 10.9 Å². The molecule has 1 amide bonds. The highest BCUT2D eigenvalue weighted by molar-refractivity contribution is 5.97. The normalized spacial score (nSPS) is 23.6. The Kier molecular flexibility index (Phi) is 10.2. The van der Waals surface area contributed by atoms with E-state index >= 15 is 0 Å².